The third kappa shape index (κ3) is 2.94. The van der Waals surface area contributed by atoms with Crippen LogP contribution < -0.4 is 9.80 Å². The summed E-state index contributed by atoms with van der Waals surface area (Å²) in [6, 6.07) is 2.13. The zero-order valence-corrected chi connectivity index (χ0v) is 15.9. The lowest BCUT2D eigenvalue weighted by atomic mass is 10.2. The summed E-state index contributed by atoms with van der Waals surface area (Å²) in [7, 11) is 1.92. The monoisotopic (exact) mass is 375 g/mol. The highest BCUT2D eigenvalue weighted by molar-refractivity contribution is 5.77. The van der Waals surface area contributed by atoms with E-state index in [9.17, 15) is 0 Å². The number of fused-ring (bicyclic) bond motifs is 1. The number of nitrogens with zero attached hydrogens (tertiary/aromatic N) is 9. The smallest absolute Gasteiger partial charge is 0.225 e. The molecule has 0 N–H and O–H groups in total. The molecule has 0 aliphatic carbocycles. The lowest BCUT2D eigenvalue weighted by molar-refractivity contribution is 0.633. The molecule has 0 saturated carbocycles. The first kappa shape index (κ1) is 16.7. The Morgan fingerprint density at radius 3 is 2.29 bits per heavy atom. The van der Waals surface area contributed by atoms with Gasteiger partial charge in [-0.05, 0) is 18.6 Å². The lowest BCUT2D eigenvalue weighted by Crippen LogP contribution is -2.47. The fourth-order valence-electron chi connectivity index (χ4n) is 3.56. The number of anilines is 2. The molecule has 0 aromatic carbocycles. The predicted octanol–water partition coefficient (Wildman–Crippen LogP) is 1.55. The largest absolute Gasteiger partial charge is 0.351 e. The average Bonchev–Trinajstić information content (AvgIpc) is 3.34. The molecule has 0 radical (unpaired) electrons. The molecule has 0 bridgehead atoms. The topological polar surface area (TPSA) is 80.3 Å². The fraction of sp³-hybridized carbons (Fsp3) is 0.316. The van der Waals surface area contributed by atoms with Crippen LogP contribution in [0.5, 0.6) is 0 Å². The molecular weight excluding hydrogens is 354 g/mol. The molecule has 1 saturated heterocycles. The van der Waals surface area contributed by atoms with Crippen LogP contribution in [0.4, 0.5) is 11.8 Å². The second-order valence-corrected chi connectivity index (χ2v) is 7.08. The van der Waals surface area contributed by atoms with Crippen molar-refractivity contribution in [3.8, 4) is 11.1 Å². The van der Waals surface area contributed by atoms with Gasteiger partial charge in [-0.3, -0.25) is 4.68 Å². The van der Waals surface area contributed by atoms with Gasteiger partial charge < -0.3 is 9.80 Å². The number of hydrogen-bond acceptors (Lipinski definition) is 7. The zero-order valence-electron chi connectivity index (χ0n) is 15.9. The SMILES string of the molecule is Cc1cnc(N2CCN(c3ncnn4cc(-c5cnn(C)c5)cc34)CC2)nc1. The summed E-state index contributed by atoms with van der Waals surface area (Å²) in [5.74, 6) is 1.74. The molecule has 0 amide bonds. The van der Waals surface area contributed by atoms with Crippen molar-refractivity contribution in [1.82, 2.24) is 34.3 Å². The van der Waals surface area contributed by atoms with E-state index in [2.05, 4.69) is 41.0 Å². The second kappa shape index (κ2) is 6.59. The molecule has 1 aliphatic heterocycles. The number of piperazine rings is 1. The molecule has 0 unspecified atom stereocenters. The molecule has 4 aromatic rings. The van der Waals surface area contributed by atoms with Gasteiger partial charge in [0, 0.05) is 69.1 Å². The second-order valence-electron chi connectivity index (χ2n) is 7.08. The highest BCUT2D eigenvalue weighted by atomic mass is 15.4. The number of rotatable bonds is 3. The van der Waals surface area contributed by atoms with Crippen molar-refractivity contribution in [2.24, 2.45) is 7.05 Å². The Balaban J connectivity index is 1.39. The van der Waals surface area contributed by atoms with E-state index in [4.69, 9.17) is 0 Å². The van der Waals surface area contributed by atoms with Crippen molar-refractivity contribution >= 4 is 17.3 Å². The molecule has 142 valence electrons. The van der Waals surface area contributed by atoms with Crippen molar-refractivity contribution in [1.29, 1.82) is 0 Å². The van der Waals surface area contributed by atoms with Gasteiger partial charge in [-0.15, -0.1) is 0 Å². The normalized spacial score (nSPS) is 14.8. The lowest BCUT2D eigenvalue weighted by Gasteiger charge is -2.35. The summed E-state index contributed by atoms with van der Waals surface area (Å²) < 4.78 is 3.69. The Kier molecular flexibility index (Phi) is 3.92. The molecule has 0 atom stereocenters. The maximum absolute atomic E-state index is 4.58. The van der Waals surface area contributed by atoms with Crippen LogP contribution in [0, 0.1) is 6.92 Å². The van der Waals surface area contributed by atoms with Gasteiger partial charge in [0.2, 0.25) is 5.95 Å². The molecule has 9 nitrogen and oxygen atoms in total. The minimum Gasteiger partial charge on any atom is -0.351 e. The Bertz CT molecular complexity index is 1100. The molecule has 0 spiro atoms. The molecule has 4 aromatic heterocycles. The van der Waals surface area contributed by atoms with Gasteiger partial charge in [-0.25, -0.2) is 19.5 Å². The Hall–Kier alpha value is -3.49. The number of aryl methyl sites for hydroxylation is 2. The van der Waals surface area contributed by atoms with E-state index in [0.717, 1.165) is 60.2 Å². The Morgan fingerprint density at radius 1 is 0.821 bits per heavy atom. The van der Waals surface area contributed by atoms with Crippen LogP contribution in [0.25, 0.3) is 16.6 Å². The maximum Gasteiger partial charge on any atom is 0.225 e. The summed E-state index contributed by atoms with van der Waals surface area (Å²) in [6.07, 6.45) is 11.2. The number of hydrogen-bond donors (Lipinski definition) is 0. The van der Waals surface area contributed by atoms with E-state index in [1.807, 2.05) is 49.5 Å². The van der Waals surface area contributed by atoms with Crippen molar-refractivity contribution in [2.45, 2.75) is 6.92 Å². The highest BCUT2D eigenvalue weighted by Gasteiger charge is 2.22. The minimum absolute atomic E-state index is 0.791. The standard InChI is InChI=1S/C19H21N9/c1-14-8-20-19(21-9-14)27-5-3-26(4-6-27)18-17-7-15(12-28(17)24-13-22-18)16-10-23-25(2)11-16/h7-13H,3-6H2,1-2H3. The average molecular weight is 375 g/mol. The van der Waals surface area contributed by atoms with Crippen molar-refractivity contribution in [3.63, 3.8) is 0 Å². The molecule has 28 heavy (non-hydrogen) atoms. The van der Waals surface area contributed by atoms with E-state index < -0.39 is 0 Å². The van der Waals surface area contributed by atoms with Crippen molar-refractivity contribution in [3.05, 3.63) is 48.9 Å². The summed E-state index contributed by atoms with van der Waals surface area (Å²) in [5.41, 5.74) is 4.23. The first-order valence-electron chi connectivity index (χ1n) is 9.28. The Morgan fingerprint density at radius 2 is 1.57 bits per heavy atom. The zero-order chi connectivity index (χ0) is 19.1. The van der Waals surface area contributed by atoms with E-state index in [1.165, 1.54) is 0 Å². The van der Waals surface area contributed by atoms with Crippen LogP contribution in [0.1, 0.15) is 5.56 Å². The van der Waals surface area contributed by atoms with Gasteiger partial charge in [0.1, 0.15) is 11.8 Å². The molecular formula is C19H21N9. The fourth-order valence-corrected chi connectivity index (χ4v) is 3.56. The van der Waals surface area contributed by atoms with Crippen molar-refractivity contribution in [2.75, 3.05) is 36.0 Å². The van der Waals surface area contributed by atoms with Crippen LogP contribution in [0.15, 0.2) is 43.4 Å². The highest BCUT2D eigenvalue weighted by Crippen LogP contribution is 2.27. The van der Waals surface area contributed by atoms with Gasteiger partial charge in [0.05, 0.1) is 6.20 Å². The predicted molar refractivity (Wildman–Crippen MR) is 106 cm³/mol. The van der Waals surface area contributed by atoms with E-state index in [-0.39, 0.29) is 0 Å². The number of aromatic nitrogens is 7. The third-order valence-corrected chi connectivity index (χ3v) is 5.05. The summed E-state index contributed by atoms with van der Waals surface area (Å²) in [5, 5.41) is 8.64. The molecule has 9 heteroatoms. The van der Waals surface area contributed by atoms with Crippen LogP contribution >= 0.6 is 0 Å². The van der Waals surface area contributed by atoms with Crippen molar-refractivity contribution < 1.29 is 0 Å². The Labute approximate surface area is 162 Å². The van der Waals surface area contributed by atoms with Gasteiger partial charge >= 0.3 is 0 Å². The van der Waals surface area contributed by atoms with E-state index in [1.54, 1.807) is 11.0 Å². The molecule has 1 fully saturated rings. The van der Waals surface area contributed by atoms with Crippen LogP contribution in [-0.2, 0) is 7.05 Å². The first-order chi connectivity index (χ1) is 13.7. The van der Waals surface area contributed by atoms with Crippen LogP contribution in [0.2, 0.25) is 0 Å². The van der Waals surface area contributed by atoms with Crippen LogP contribution in [0.3, 0.4) is 0 Å². The maximum atomic E-state index is 4.58. The molecule has 1 aliphatic rings. The van der Waals surface area contributed by atoms with Gasteiger partial charge in [0.15, 0.2) is 5.82 Å². The third-order valence-electron chi connectivity index (χ3n) is 5.05. The van der Waals surface area contributed by atoms with Gasteiger partial charge in [-0.2, -0.15) is 10.2 Å². The molecule has 5 rings (SSSR count). The summed E-state index contributed by atoms with van der Waals surface area (Å²) in [4.78, 5) is 18.0. The van der Waals surface area contributed by atoms with Gasteiger partial charge in [0.25, 0.3) is 0 Å². The summed E-state index contributed by atoms with van der Waals surface area (Å²) >= 11 is 0. The minimum atomic E-state index is 0.791. The molecule has 5 heterocycles. The van der Waals surface area contributed by atoms with Crippen LogP contribution in [-0.4, -0.2) is 60.5 Å². The van der Waals surface area contributed by atoms with E-state index >= 15 is 0 Å². The quantitative estimate of drug-likeness (QED) is 0.537. The summed E-state index contributed by atoms with van der Waals surface area (Å²) in [6.45, 7) is 5.43. The van der Waals surface area contributed by atoms with Gasteiger partial charge in [-0.1, -0.05) is 0 Å². The van der Waals surface area contributed by atoms with E-state index in [0.29, 0.717) is 0 Å². The first-order valence-corrected chi connectivity index (χ1v) is 9.28.